The number of benzene rings is 2. The fourth-order valence-electron chi connectivity index (χ4n) is 4.36. The predicted octanol–water partition coefficient (Wildman–Crippen LogP) is 5.70. The largest absolute Gasteiger partial charge is 0.356 e. The highest BCUT2D eigenvalue weighted by atomic mass is 19.1. The summed E-state index contributed by atoms with van der Waals surface area (Å²) in [7, 11) is 0. The van der Waals surface area contributed by atoms with Gasteiger partial charge in [-0.05, 0) is 61.3 Å². The van der Waals surface area contributed by atoms with Crippen LogP contribution in [-0.2, 0) is 0 Å². The molecule has 0 spiro atoms. The lowest BCUT2D eigenvalue weighted by Crippen LogP contribution is -2.35. The molecule has 2 aromatic carbocycles. The topological polar surface area (TPSA) is 42.5 Å². The van der Waals surface area contributed by atoms with Gasteiger partial charge < -0.3 is 4.90 Å². The molecular formula is C26H25FN4O. The summed E-state index contributed by atoms with van der Waals surface area (Å²) in [6.45, 7) is 11.1. The lowest BCUT2D eigenvalue weighted by atomic mass is 9.99. The Morgan fingerprint density at radius 1 is 1.03 bits per heavy atom. The van der Waals surface area contributed by atoms with Crippen molar-refractivity contribution in [2.45, 2.75) is 38.5 Å². The van der Waals surface area contributed by atoms with E-state index in [9.17, 15) is 9.18 Å². The molecule has 5 rings (SSSR count). The van der Waals surface area contributed by atoms with Crippen LogP contribution in [0.3, 0.4) is 0 Å². The Kier molecular flexibility index (Phi) is 5.26. The quantitative estimate of drug-likeness (QED) is 0.501. The summed E-state index contributed by atoms with van der Waals surface area (Å²) < 4.78 is 16.0. The van der Waals surface area contributed by atoms with E-state index >= 15 is 0 Å². The molecule has 6 heteroatoms. The molecule has 0 N–H and O–H groups in total. The minimum atomic E-state index is -0.611. The van der Waals surface area contributed by atoms with Gasteiger partial charge in [-0.1, -0.05) is 31.2 Å². The first-order chi connectivity index (χ1) is 15.5. The molecule has 5 nitrogen and oxygen atoms in total. The summed E-state index contributed by atoms with van der Waals surface area (Å²) in [5.41, 5.74) is 2.22. The lowest BCUT2D eigenvalue weighted by Gasteiger charge is -2.31. The molecular weight excluding hydrogens is 403 g/mol. The zero-order chi connectivity index (χ0) is 22.2. The van der Waals surface area contributed by atoms with Crippen molar-refractivity contribution in [3.63, 3.8) is 0 Å². The molecule has 1 aliphatic carbocycles. The van der Waals surface area contributed by atoms with Crippen molar-refractivity contribution in [1.29, 1.82) is 0 Å². The van der Waals surface area contributed by atoms with E-state index in [1.54, 1.807) is 16.7 Å². The zero-order valence-electron chi connectivity index (χ0n) is 18.1. The molecule has 1 saturated carbocycles. The fourth-order valence-corrected chi connectivity index (χ4v) is 4.36. The van der Waals surface area contributed by atoms with Crippen molar-refractivity contribution in [3.05, 3.63) is 81.7 Å². The van der Waals surface area contributed by atoms with E-state index in [2.05, 4.69) is 28.8 Å². The molecule has 2 heterocycles. The van der Waals surface area contributed by atoms with Crippen LogP contribution in [0.4, 0.5) is 15.9 Å². The highest BCUT2D eigenvalue weighted by Gasteiger charge is 2.24. The molecule has 1 aliphatic heterocycles. The van der Waals surface area contributed by atoms with Crippen LogP contribution in [0.15, 0.2) is 53.3 Å². The van der Waals surface area contributed by atoms with E-state index < -0.39 is 5.82 Å². The summed E-state index contributed by atoms with van der Waals surface area (Å²) >= 11 is 0. The Morgan fingerprint density at radius 2 is 1.75 bits per heavy atom. The van der Waals surface area contributed by atoms with Crippen LogP contribution in [0.1, 0.15) is 44.1 Å². The standard InChI is InChI=1S/C26H25FN4O/c1-17-11-13-30(14-12-17)24-16-25(32)31(21-8-5-19(6-9-21)18-3-4-18)26(29-24)20-7-10-23(28-2)22(27)15-20/h5-10,15-18H,3-4,11-14H2,1H3. The van der Waals surface area contributed by atoms with Gasteiger partial charge in [-0.2, -0.15) is 0 Å². The maximum atomic E-state index is 14.5. The first kappa shape index (κ1) is 20.4. The van der Waals surface area contributed by atoms with Gasteiger partial charge in [0, 0.05) is 24.7 Å². The van der Waals surface area contributed by atoms with Crippen molar-refractivity contribution in [2.75, 3.05) is 18.0 Å². The van der Waals surface area contributed by atoms with Crippen molar-refractivity contribution < 1.29 is 4.39 Å². The van der Waals surface area contributed by atoms with Gasteiger partial charge in [-0.15, -0.1) is 0 Å². The average molecular weight is 429 g/mol. The fraction of sp³-hybridized carbons (Fsp3) is 0.346. The lowest BCUT2D eigenvalue weighted by molar-refractivity contribution is 0.436. The van der Waals surface area contributed by atoms with E-state index in [4.69, 9.17) is 11.6 Å². The van der Waals surface area contributed by atoms with Gasteiger partial charge in [0.2, 0.25) is 5.69 Å². The van der Waals surface area contributed by atoms with Crippen LogP contribution in [-0.4, -0.2) is 22.6 Å². The number of rotatable bonds is 4. The second-order valence-electron chi connectivity index (χ2n) is 8.92. The molecule has 2 aliphatic rings. The van der Waals surface area contributed by atoms with E-state index in [0.717, 1.165) is 25.9 Å². The van der Waals surface area contributed by atoms with Crippen LogP contribution in [0.5, 0.6) is 0 Å². The molecule has 1 saturated heterocycles. The summed E-state index contributed by atoms with van der Waals surface area (Å²) in [5, 5.41) is 0. The number of piperidine rings is 1. The number of anilines is 1. The molecule has 0 bridgehead atoms. The Hall–Kier alpha value is -3.46. The highest BCUT2D eigenvalue weighted by Crippen LogP contribution is 2.40. The minimum absolute atomic E-state index is 0.0439. The first-order valence-corrected chi connectivity index (χ1v) is 11.2. The third-order valence-electron chi connectivity index (χ3n) is 6.54. The number of nitrogens with zero attached hydrogens (tertiary/aromatic N) is 4. The van der Waals surface area contributed by atoms with Crippen LogP contribution < -0.4 is 10.5 Å². The maximum Gasteiger partial charge on any atom is 0.260 e. The van der Waals surface area contributed by atoms with Gasteiger partial charge in [0.05, 0.1) is 12.3 Å². The van der Waals surface area contributed by atoms with Gasteiger partial charge in [-0.3, -0.25) is 9.36 Å². The SMILES string of the molecule is [C-]#[N+]c1ccc(-c2nc(N3CCC(C)CC3)cc(=O)n2-c2ccc(C3CC3)cc2)cc1F. The normalized spacial score (nSPS) is 16.7. The van der Waals surface area contributed by atoms with Gasteiger partial charge in [0.1, 0.15) is 17.5 Å². The molecule has 32 heavy (non-hydrogen) atoms. The smallest absolute Gasteiger partial charge is 0.260 e. The van der Waals surface area contributed by atoms with Crippen molar-refractivity contribution in [3.8, 4) is 17.1 Å². The Labute approximate surface area is 187 Å². The average Bonchev–Trinajstić information content (AvgIpc) is 3.65. The number of halogens is 1. The van der Waals surface area contributed by atoms with Crippen molar-refractivity contribution in [1.82, 2.24) is 9.55 Å². The van der Waals surface area contributed by atoms with Gasteiger partial charge in [0.15, 0.2) is 0 Å². The molecule has 3 aromatic rings. The Bertz CT molecular complexity index is 1250. The van der Waals surface area contributed by atoms with Crippen LogP contribution in [0, 0.1) is 18.3 Å². The number of hydrogen-bond donors (Lipinski definition) is 0. The van der Waals surface area contributed by atoms with Crippen LogP contribution in [0.25, 0.3) is 21.9 Å². The molecule has 2 fully saturated rings. The zero-order valence-corrected chi connectivity index (χ0v) is 18.1. The summed E-state index contributed by atoms with van der Waals surface area (Å²) in [5.74, 6) is 1.68. The van der Waals surface area contributed by atoms with Crippen molar-refractivity contribution in [2.24, 2.45) is 5.92 Å². The number of hydrogen-bond acceptors (Lipinski definition) is 3. The summed E-state index contributed by atoms with van der Waals surface area (Å²) in [6.07, 6.45) is 4.53. The van der Waals surface area contributed by atoms with Gasteiger partial charge in [0.25, 0.3) is 5.56 Å². The van der Waals surface area contributed by atoms with Crippen LogP contribution >= 0.6 is 0 Å². The molecule has 0 unspecified atom stereocenters. The second kappa shape index (κ2) is 8.23. The van der Waals surface area contributed by atoms with E-state index in [1.807, 2.05) is 12.1 Å². The molecule has 162 valence electrons. The summed E-state index contributed by atoms with van der Waals surface area (Å²) in [4.78, 5) is 23.5. The van der Waals surface area contributed by atoms with E-state index in [0.29, 0.717) is 34.7 Å². The Balaban J connectivity index is 1.63. The molecule has 0 radical (unpaired) electrons. The minimum Gasteiger partial charge on any atom is -0.356 e. The van der Waals surface area contributed by atoms with Gasteiger partial charge >= 0.3 is 0 Å². The van der Waals surface area contributed by atoms with E-state index in [1.165, 1.54) is 30.5 Å². The van der Waals surface area contributed by atoms with Crippen LogP contribution in [0.2, 0.25) is 0 Å². The van der Waals surface area contributed by atoms with Gasteiger partial charge in [-0.25, -0.2) is 14.2 Å². The van der Waals surface area contributed by atoms with Crippen molar-refractivity contribution >= 4 is 11.5 Å². The molecule has 0 atom stereocenters. The highest BCUT2D eigenvalue weighted by molar-refractivity contribution is 5.65. The number of aromatic nitrogens is 2. The monoisotopic (exact) mass is 428 g/mol. The molecule has 1 aromatic heterocycles. The third-order valence-corrected chi connectivity index (χ3v) is 6.54. The summed E-state index contributed by atoms with van der Waals surface area (Å²) in [6, 6.07) is 14.0. The first-order valence-electron chi connectivity index (χ1n) is 11.2. The van der Waals surface area contributed by atoms with E-state index in [-0.39, 0.29) is 11.2 Å². The maximum absolute atomic E-state index is 14.5. The second-order valence-corrected chi connectivity index (χ2v) is 8.92. The molecule has 0 amide bonds. The predicted molar refractivity (Wildman–Crippen MR) is 124 cm³/mol. The Morgan fingerprint density at radius 3 is 2.38 bits per heavy atom. The third kappa shape index (κ3) is 3.91.